The number of halogens is 2. The molecule has 112 valence electrons. The average molecular weight is 389 g/mol. The summed E-state index contributed by atoms with van der Waals surface area (Å²) in [5, 5.41) is 7.46. The Morgan fingerprint density at radius 2 is 2.29 bits per heavy atom. The first-order valence-corrected chi connectivity index (χ1v) is 8.64. The highest BCUT2D eigenvalue weighted by molar-refractivity contribution is 9.10. The third kappa shape index (κ3) is 4.73. The van der Waals surface area contributed by atoms with Crippen LogP contribution in [0.4, 0.5) is 5.69 Å². The van der Waals surface area contributed by atoms with E-state index in [0.717, 1.165) is 10.9 Å². The van der Waals surface area contributed by atoms with Gasteiger partial charge in [-0.05, 0) is 63.8 Å². The molecule has 6 heteroatoms. The summed E-state index contributed by atoms with van der Waals surface area (Å²) in [6.45, 7) is 2.40. The number of aryl methyl sites for hydroxylation is 1. The highest BCUT2D eigenvalue weighted by Crippen LogP contribution is 2.36. The molecule has 1 N–H and O–H groups in total. The van der Waals surface area contributed by atoms with Crippen LogP contribution < -0.4 is 10.1 Å². The van der Waals surface area contributed by atoms with E-state index in [0.29, 0.717) is 29.5 Å². The summed E-state index contributed by atoms with van der Waals surface area (Å²) in [5.74, 6) is 0.544. The summed E-state index contributed by atoms with van der Waals surface area (Å²) in [4.78, 5) is 12.1. The normalized spacial score (nSPS) is 10.4. The number of nitrogens with one attached hydrogen (secondary N) is 1. The zero-order valence-electron chi connectivity index (χ0n) is 11.5. The lowest BCUT2D eigenvalue weighted by atomic mass is 10.2. The van der Waals surface area contributed by atoms with Crippen molar-refractivity contribution in [1.82, 2.24) is 0 Å². The van der Waals surface area contributed by atoms with Gasteiger partial charge in [0.15, 0.2) is 5.75 Å². The Morgan fingerprint density at radius 1 is 1.48 bits per heavy atom. The fourth-order valence-corrected chi connectivity index (χ4v) is 3.48. The summed E-state index contributed by atoms with van der Waals surface area (Å²) >= 11 is 11.1. The number of hydrogen-bond donors (Lipinski definition) is 1. The van der Waals surface area contributed by atoms with Crippen LogP contribution in [0.3, 0.4) is 0 Å². The number of amides is 1. The minimum absolute atomic E-state index is 0.0590. The lowest BCUT2D eigenvalue weighted by Crippen LogP contribution is -2.13. The summed E-state index contributed by atoms with van der Waals surface area (Å²) in [7, 11) is 0. The fourth-order valence-electron chi connectivity index (χ4n) is 1.85. The van der Waals surface area contributed by atoms with Crippen molar-refractivity contribution < 1.29 is 9.53 Å². The Balaban J connectivity index is 2.05. The van der Waals surface area contributed by atoms with Gasteiger partial charge < -0.3 is 10.1 Å². The molecule has 0 saturated carbocycles. The Kier molecular flexibility index (Phi) is 6.08. The Morgan fingerprint density at radius 3 is 2.95 bits per heavy atom. The molecule has 0 radical (unpaired) electrons. The SMILES string of the molecule is CCOc1c(Br)cc(Cl)cc1NC(=O)CCc1ccsc1. The van der Waals surface area contributed by atoms with Gasteiger partial charge in [0, 0.05) is 11.4 Å². The predicted octanol–water partition coefficient (Wildman–Crippen LogP) is 5.13. The van der Waals surface area contributed by atoms with Gasteiger partial charge in [-0.2, -0.15) is 11.3 Å². The number of carbonyl (C=O) groups is 1. The first-order valence-electron chi connectivity index (χ1n) is 6.53. The van der Waals surface area contributed by atoms with Crippen LogP contribution >= 0.6 is 38.9 Å². The molecule has 1 aromatic heterocycles. The van der Waals surface area contributed by atoms with Gasteiger partial charge >= 0.3 is 0 Å². The van der Waals surface area contributed by atoms with E-state index in [1.807, 2.05) is 18.4 Å². The van der Waals surface area contributed by atoms with Crippen molar-refractivity contribution in [2.45, 2.75) is 19.8 Å². The van der Waals surface area contributed by atoms with Crippen LogP contribution in [0.15, 0.2) is 33.4 Å². The molecular weight excluding hydrogens is 374 g/mol. The molecule has 0 fully saturated rings. The minimum Gasteiger partial charge on any atom is -0.491 e. The molecule has 0 atom stereocenters. The van der Waals surface area contributed by atoms with Gasteiger partial charge in [0.25, 0.3) is 0 Å². The number of thiophene rings is 1. The molecule has 2 rings (SSSR count). The quantitative estimate of drug-likeness (QED) is 0.744. The van der Waals surface area contributed by atoms with E-state index in [-0.39, 0.29) is 5.91 Å². The summed E-state index contributed by atoms with van der Waals surface area (Å²) in [6.07, 6.45) is 1.15. The second-order valence-corrected chi connectivity index (χ2v) is 6.45. The molecule has 0 unspecified atom stereocenters. The standard InChI is InChI=1S/C15H15BrClNO2S/c1-2-20-15-12(16)7-11(17)8-13(15)18-14(19)4-3-10-5-6-21-9-10/h5-9H,2-4H2,1H3,(H,18,19). The summed E-state index contributed by atoms with van der Waals surface area (Å²) in [5.41, 5.74) is 1.76. The second kappa shape index (κ2) is 7.82. The zero-order valence-corrected chi connectivity index (χ0v) is 14.6. The highest BCUT2D eigenvalue weighted by Gasteiger charge is 2.13. The molecule has 0 aliphatic rings. The van der Waals surface area contributed by atoms with Gasteiger partial charge in [-0.3, -0.25) is 4.79 Å². The maximum atomic E-state index is 12.1. The molecule has 21 heavy (non-hydrogen) atoms. The van der Waals surface area contributed by atoms with Crippen LogP contribution in [-0.4, -0.2) is 12.5 Å². The van der Waals surface area contributed by atoms with Crippen LogP contribution in [0.1, 0.15) is 18.9 Å². The van der Waals surface area contributed by atoms with Crippen molar-refractivity contribution >= 4 is 50.5 Å². The number of ether oxygens (including phenoxy) is 1. The summed E-state index contributed by atoms with van der Waals surface area (Å²) < 4.78 is 6.28. The smallest absolute Gasteiger partial charge is 0.224 e. The van der Waals surface area contributed by atoms with Crippen molar-refractivity contribution in [3.63, 3.8) is 0 Å². The van der Waals surface area contributed by atoms with Gasteiger partial charge in [-0.1, -0.05) is 11.6 Å². The van der Waals surface area contributed by atoms with E-state index in [1.165, 1.54) is 5.56 Å². The molecule has 0 aliphatic heterocycles. The van der Waals surface area contributed by atoms with E-state index < -0.39 is 0 Å². The number of anilines is 1. The van der Waals surface area contributed by atoms with Gasteiger partial charge in [0.05, 0.1) is 16.8 Å². The van der Waals surface area contributed by atoms with Crippen molar-refractivity contribution in [2.24, 2.45) is 0 Å². The Labute approximate surface area is 141 Å². The van der Waals surface area contributed by atoms with Gasteiger partial charge in [-0.15, -0.1) is 0 Å². The number of rotatable bonds is 6. The molecule has 0 aliphatic carbocycles. The minimum atomic E-state index is -0.0590. The maximum Gasteiger partial charge on any atom is 0.224 e. The lowest BCUT2D eigenvalue weighted by molar-refractivity contribution is -0.116. The van der Waals surface area contributed by atoms with E-state index in [1.54, 1.807) is 23.5 Å². The van der Waals surface area contributed by atoms with Gasteiger partial charge in [0.1, 0.15) is 0 Å². The average Bonchev–Trinajstić information content (AvgIpc) is 2.93. The van der Waals surface area contributed by atoms with Crippen molar-refractivity contribution in [2.75, 3.05) is 11.9 Å². The number of carbonyl (C=O) groups excluding carboxylic acids is 1. The molecular formula is C15H15BrClNO2S. The first kappa shape index (κ1) is 16.3. The van der Waals surface area contributed by atoms with E-state index in [2.05, 4.69) is 26.6 Å². The van der Waals surface area contributed by atoms with Gasteiger partial charge in [0.2, 0.25) is 5.91 Å². The topological polar surface area (TPSA) is 38.3 Å². The van der Waals surface area contributed by atoms with Gasteiger partial charge in [-0.25, -0.2) is 0 Å². The molecule has 1 amide bonds. The second-order valence-electron chi connectivity index (χ2n) is 4.38. The summed E-state index contributed by atoms with van der Waals surface area (Å²) in [6, 6.07) is 5.47. The molecule has 0 saturated heterocycles. The monoisotopic (exact) mass is 387 g/mol. The van der Waals surface area contributed by atoms with Crippen LogP contribution in [0.2, 0.25) is 5.02 Å². The van der Waals surface area contributed by atoms with Crippen LogP contribution in [0.25, 0.3) is 0 Å². The van der Waals surface area contributed by atoms with Crippen LogP contribution in [-0.2, 0) is 11.2 Å². The van der Waals surface area contributed by atoms with E-state index in [9.17, 15) is 4.79 Å². The van der Waals surface area contributed by atoms with Crippen molar-refractivity contribution in [1.29, 1.82) is 0 Å². The highest BCUT2D eigenvalue weighted by atomic mass is 79.9. The molecule has 1 aromatic carbocycles. The Bertz CT molecular complexity index is 616. The molecule has 3 nitrogen and oxygen atoms in total. The third-order valence-corrected chi connectivity index (χ3v) is 4.33. The fraction of sp³-hybridized carbons (Fsp3) is 0.267. The van der Waals surface area contributed by atoms with E-state index in [4.69, 9.17) is 16.3 Å². The van der Waals surface area contributed by atoms with Crippen molar-refractivity contribution in [3.8, 4) is 5.75 Å². The first-order chi connectivity index (χ1) is 10.1. The van der Waals surface area contributed by atoms with E-state index >= 15 is 0 Å². The zero-order chi connectivity index (χ0) is 15.2. The molecule has 0 bridgehead atoms. The van der Waals surface area contributed by atoms with Crippen LogP contribution in [0, 0.1) is 0 Å². The largest absolute Gasteiger partial charge is 0.491 e. The number of benzene rings is 1. The molecule has 1 heterocycles. The predicted molar refractivity (Wildman–Crippen MR) is 91.6 cm³/mol. The lowest BCUT2D eigenvalue weighted by Gasteiger charge is -2.13. The number of hydrogen-bond acceptors (Lipinski definition) is 3. The maximum absolute atomic E-state index is 12.1. The van der Waals surface area contributed by atoms with Crippen molar-refractivity contribution in [3.05, 3.63) is 44.0 Å². The van der Waals surface area contributed by atoms with Crippen LogP contribution in [0.5, 0.6) is 5.75 Å². The molecule has 0 spiro atoms. The Hall–Kier alpha value is -1.04. The third-order valence-electron chi connectivity index (χ3n) is 2.79. The molecule has 2 aromatic rings.